The van der Waals surface area contributed by atoms with Crippen molar-refractivity contribution < 1.29 is 35.8 Å². The van der Waals surface area contributed by atoms with Crippen LogP contribution in [0.3, 0.4) is 0 Å². The zero-order valence-corrected chi connectivity index (χ0v) is 56.3. The first-order valence-electron chi connectivity index (χ1n) is 32.3. The third kappa shape index (κ3) is 30.0. The zero-order chi connectivity index (χ0) is 60.8. The monoisotopic (exact) mass is 1380 g/mol. The second-order valence-corrected chi connectivity index (χ2v) is 27.9. The molecule has 0 amide bonds. The smallest absolute Gasteiger partial charge is 0.0545 e. The van der Waals surface area contributed by atoms with E-state index in [1.165, 1.54) is 173 Å². The molecule has 0 spiro atoms. The van der Waals surface area contributed by atoms with Gasteiger partial charge >= 0.3 is 66.7 Å². The number of aldehydes is 1. The van der Waals surface area contributed by atoms with E-state index in [4.69, 9.17) is 76.5 Å². The fraction of sp³-hybridized carbons (Fsp3) is 0.723. The molecule has 23 heteroatoms. The Morgan fingerprint density at radius 2 is 0.852 bits per heavy atom. The number of nitrogens with two attached hydrogens (primary N) is 2. The Morgan fingerprint density at radius 3 is 1.27 bits per heavy atom. The molecule has 500 valence electrons. The van der Waals surface area contributed by atoms with E-state index >= 15 is 0 Å². The molecule has 11 rings (SSSR count). The van der Waals surface area contributed by atoms with Crippen LogP contribution in [0.2, 0.25) is 0 Å². The predicted molar refractivity (Wildman–Crippen MR) is 363 cm³/mol. The molecular formula is C65H111Cl4Mn2N15O2. The van der Waals surface area contributed by atoms with Crippen LogP contribution in [0.15, 0.2) is 64.6 Å². The summed E-state index contributed by atoms with van der Waals surface area (Å²) in [6.07, 6.45) is 35.2. The van der Waals surface area contributed by atoms with Gasteiger partial charge < -0.3 is 58.7 Å². The number of aromatic nitrogens is 3. The Balaban J connectivity index is 0.000000252. The number of pyridine rings is 3. The number of rotatable bonds is 7. The molecule has 17 nitrogen and oxygen atoms in total. The molecule has 8 aliphatic rings. The van der Waals surface area contributed by atoms with Crippen LogP contribution < -0.4 is 58.7 Å². The van der Waals surface area contributed by atoms with Gasteiger partial charge in [-0.15, -0.1) is 0 Å². The third-order valence-corrected chi connectivity index (χ3v) is 18.1. The van der Waals surface area contributed by atoms with Crippen LogP contribution in [-0.4, -0.2) is 153 Å². The number of hydrogen-bond acceptors (Lipinski definition) is 17. The second kappa shape index (κ2) is 47.9. The number of ether oxygens (including phenoxy) is 1. The SMILES string of the molecule is C.C.C1=N[C@@H]2CCCC[C@H]2NCCN[C@@H]2CCCC[C@H]2N=Cc2cccc1n2.COc1cccc(C=O)n1.N[C@@H]1CCCCC1NCCN[C@@H]1CCCC[C@H]1N.[Cl][Mn][Cl].[Cl][Mn][Cl].c1cc2nc(c1)CN[C@@H]1CCCC[C@H]1NCCN[C@@H]1CCCC[C@H]1NC2. The summed E-state index contributed by atoms with van der Waals surface area (Å²) in [5, 5.41) is 29.9. The van der Waals surface area contributed by atoms with Crippen LogP contribution in [0.5, 0.6) is 5.88 Å². The third-order valence-electron chi connectivity index (χ3n) is 18.1. The van der Waals surface area contributed by atoms with E-state index in [0.29, 0.717) is 90.4 Å². The predicted octanol–water partition coefficient (Wildman–Crippen LogP) is 10.4. The van der Waals surface area contributed by atoms with Gasteiger partial charge in [0.15, 0.2) is 6.29 Å². The molecule has 6 fully saturated rings. The van der Waals surface area contributed by atoms with Crippen molar-refractivity contribution in [3.8, 4) is 5.88 Å². The van der Waals surface area contributed by atoms with Crippen molar-refractivity contribution >= 4 is 59.1 Å². The van der Waals surface area contributed by atoms with E-state index in [2.05, 4.69) is 71.8 Å². The average Bonchev–Trinajstić information content (AvgIpc) is 3.69. The molecule has 5 heterocycles. The van der Waals surface area contributed by atoms with Crippen molar-refractivity contribution in [2.75, 3.05) is 46.4 Å². The van der Waals surface area contributed by atoms with Gasteiger partial charge in [-0.25, -0.2) is 9.97 Å². The van der Waals surface area contributed by atoms with E-state index in [1.807, 2.05) is 24.6 Å². The Morgan fingerprint density at radius 1 is 0.489 bits per heavy atom. The Labute approximate surface area is 559 Å². The normalized spacial score (nSPS) is 28.9. The number of nitrogens with one attached hydrogen (secondary N) is 8. The molecular weight excluding hydrogens is 1270 g/mol. The summed E-state index contributed by atoms with van der Waals surface area (Å²) in [4.78, 5) is 33.4. The van der Waals surface area contributed by atoms with Crippen molar-refractivity contribution in [2.45, 2.75) is 255 Å². The summed E-state index contributed by atoms with van der Waals surface area (Å²) in [7, 11) is 20.7. The molecule has 3 aromatic rings. The number of nitrogens with zero attached hydrogens (tertiary/aromatic N) is 5. The first-order chi connectivity index (χ1) is 42.2. The molecule has 0 aromatic carbocycles. The van der Waals surface area contributed by atoms with E-state index in [9.17, 15) is 4.79 Å². The van der Waals surface area contributed by atoms with E-state index in [0.717, 1.165) is 63.7 Å². The molecule has 3 aromatic heterocycles. The number of methoxy groups -OCH3 is 1. The maximum absolute atomic E-state index is 10.2. The van der Waals surface area contributed by atoms with Gasteiger partial charge in [-0.1, -0.05) is 110 Å². The number of aliphatic imine (C=N–C) groups is 2. The van der Waals surface area contributed by atoms with Crippen LogP contribution >= 0.6 is 40.4 Å². The number of carbonyl (C=O) groups excluding carboxylic acids is 1. The molecule has 1 unspecified atom stereocenters. The summed E-state index contributed by atoms with van der Waals surface area (Å²) in [6.45, 7) is 7.94. The van der Waals surface area contributed by atoms with Crippen LogP contribution in [0.25, 0.3) is 0 Å². The van der Waals surface area contributed by atoms with Crippen molar-refractivity contribution in [2.24, 2.45) is 21.5 Å². The van der Waals surface area contributed by atoms with Crippen molar-refractivity contribution in [1.82, 2.24) is 57.5 Å². The van der Waals surface area contributed by atoms with Crippen LogP contribution in [-0.2, 0) is 39.4 Å². The minimum absolute atomic E-state index is 0. The van der Waals surface area contributed by atoms with E-state index in [1.54, 1.807) is 18.2 Å². The number of fused-ring (bicyclic) bond motifs is 8. The van der Waals surface area contributed by atoms with Crippen molar-refractivity contribution in [3.63, 3.8) is 0 Å². The Hall–Kier alpha value is -1.94. The number of carbonyl (C=O) groups is 1. The summed E-state index contributed by atoms with van der Waals surface area (Å²) in [6, 6.07) is 23.5. The molecule has 12 atom stereocenters. The van der Waals surface area contributed by atoms with Crippen molar-refractivity contribution in [3.05, 3.63) is 83.1 Å². The molecule has 0 saturated heterocycles. The molecule has 12 N–H and O–H groups in total. The molecule has 2 aliphatic heterocycles. The van der Waals surface area contributed by atoms with E-state index < -0.39 is 0 Å². The second-order valence-electron chi connectivity index (χ2n) is 24.0. The molecule has 6 saturated carbocycles. The van der Waals surface area contributed by atoms with Gasteiger partial charge in [0.25, 0.3) is 0 Å². The zero-order valence-electron chi connectivity index (χ0n) is 51.0. The van der Waals surface area contributed by atoms with Gasteiger partial charge in [-0.3, -0.25) is 19.8 Å². The summed E-state index contributed by atoms with van der Waals surface area (Å²) in [5.41, 5.74) is 16.8. The topological polar surface area (TPSA) is 238 Å². The number of hydrogen-bond donors (Lipinski definition) is 10. The summed E-state index contributed by atoms with van der Waals surface area (Å²) >= 11 is 0.0139. The molecule has 0 radical (unpaired) electrons. The maximum atomic E-state index is 10.2. The van der Waals surface area contributed by atoms with Crippen LogP contribution in [0.1, 0.15) is 202 Å². The molecule has 6 aliphatic carbocycles. The Kier molecular flexibility index (Phi) is 42.7. The fourth-order valence-corrected chi connectivity index (χ4v) is 13.4. The standard InChI is InChI=1S/C21H35N5.C21H31N5.C14H30N4.C7H7NO2.2CH4.4ClH.2Mn/c2*1-3-10-20-18(8-1)22-12-13-23-19-9-2-4-11-21(19)25-15-17-7-5-6-16(26-17)14-24-20;15-11-5-1-3-7-13(11)17-9-10-18-14-8-4-2-6-12(14)16;1-10-7-4-2-3-6(5-9)8-7;;;;;;;;/h5-7,18-25H,1-4,8-15H2;5-7,14-15,18-23H,1-4,8-13H2;11-14,17-18H,1-10,15-16H2;2-5H,1H3;2*1H4;4*1H;;/q;;;;;;;;;;2*+2/p-4/t2*18-,19-,20-,21-;11-,12-,13-,14?;;;;;;;;;/m111........./s1. The van der Waals surface area contributed by atoms with Gasteiger partial charge in [0.05, 0.1) is 42.0 Å². The van der Waals surface area contributed by atoms with Crippen LogP contribution in [0, 0.1) is 0 Å². The largest absolute Gasteiger partial charge is 0.311 e. The van der Waals surface area contributed by atoms with Gasteiger partial charge in [0, 0.05) is 131 Å². The minimum atomic E-state index is 0. The van der Waals surface area contributed by atoms with Gasteiger partial charge in [-0.2, -0.15) is 0 Å². The van der Waals surface area contributed by atoms with Crippen LogP contribution in [0.4, 0.5) is 0 Å². The fourth-order valence-electron chi connectivity index (χ4n) is 13.4. The Bertz CT molecular complexity index is 2220. The molecule has 4 bridgehead atoms. The first kappa shape index (κ1) is 78.5. The number of halogens is 4. The summed E-state index contributed by atoms with van der Waals surface area (Å²) < 4.78 is 4.79. The average molecular weight is 1390 g/mol. The quantitative estimate of drug-likeness (QED) is 0.0602. The van der Waals surface area contributed by atoms with E-state index in [-0.39, 0.29) is 41.1 Å². The first-order valence-corrected chi connectivity index (χ1v) is 38.8. The van der Waals surface area contributed by atoms with Gasteiger partial charge in [0.1, 0.15) is 5.69 Å². The van der Waals surface area contributed by atoms with Gasteiger partial charge in [-0.05, 0) is 107 Å². The van der Waals surface area contributed by atoms with Gasteiger partial charge in [0.2, 0.25) is 5.88 Å². The van der Waals surface area contributed by atoms with Crippen molar-refractivity contribution in [1.29, 1.82) is 0 Å². The maximum Gasteiger partial charge on any atom is 0.0545 e. The summed E-state index contributed by atoms with van der Waals surface area (Å²) in [5.74, 6) is 0.463. The minimum Gasteiger partial charge on any atom is -0.311 e. The molecule has 88 heavy (non-hydrogen) atoms.